The van der Waals surface area contributed by atoms with Crippen molar-refractivity contribution in [2.75, 3.05) is 18.0 Å². The maximum absolute atomic E-state index is 13.1. The topological polar surface area (TPSA) is 65.2 Å². The second-order valence-electron chi connectivity index (χ2n) is 9.76. The van der Waals surface area contributed by atoms with Gasteiger partial charge in [-0.05, 0) is 61.4 Å². The molecule has 1 aliphatic rings. The minimum absolute atomic E-state index is 0.00588. The van der Waals surface area contributed by atoms with E-state index in [1.807, 2.05) is 24.3 Å². The molecule has 0 N–H and O–H groups in total. The van der Waals surface area contributed by atoms with Crippen LogP contribution in [0.2, 0.25) is 15.1 Å². The van der Waals surface area contributed by atoms with Crippen LogP contribution in [0.1, 0.15) is 36.7 Å². The van der Waals surface area contributed by atoms with Crippen LogP contribution in [0.4, 0.5) is 5.69 Å². The van der Waals surface area contributed by atoms with Crippen molar-refractivity contribution in [3.63, 3.8) is 0 Å². The number of fused-ring (bicyclic) bond motifs is 1. The van der Waals surface area contributed by atoms with Gasteiger partial charge < -0.3 is 9.47 Å². The molecule has 2 aromatic carbocycles. The lowest BCUT2D eigenvalue weighted by Gasteiger charge is -2.48. The van der Waals surface area contributed by atoms with Gasteiger partial charge in [0.1, 0.15) is 22.3 Å². The lowest BCUT2D eigenvalue weighted by Crippen LogP contribution is -2.57. The summed E-state index contributed by atoms with van der Waals surface area (Å²) in [5.74, 6) is 0. The third kappa shape index (κ3) is 4.76. The standard InChI is InChI=1S/C29H26Cl3N5O/c1-17-16-37(28-25(32)29(38)35(3)24-13-12-23(14-33)34-26(24)28)18(2)15-36(17)27(19-4-8-21(30)9-5-19)20-6-10-22(31)11-7-20/h4-13,17-18,27H,15-16H2,1-3H3/t17-,18+/m1/s1. The number of benzene rings is 2. The van der Waals surface area contributed by atoms with Crippen LogP contribution < -0.4 is 10.5 Å². The predicted molar refractivity (Wildman–Crippen MR) is 154 cm³/mol. The predicted octanol–water partition coefficient (Wildman–Crippen LogP) is 6.45. The van der Waals surface area contributed by atoms with Crippen LogP contribution in [0.5, 0.6) is 0 Å². The largest absolute Gasteiger partial charge is 0.363 e. The van der Waals surface area contributed by atoms with E-state index in [2.05, 4.69) is 59.0 Å². The Morgan fingerprint density at radius 3 is 2.03 bits per heavy atom. The summed E-state index contributed by atoms with van der Waals surface area (Å²) in [5, 5.41) is 11.0. The first-order valence-corrected chi connectivity index (χ1v) is 13.5. The Balaban J connectivity index is 1.58. The first-order chi connectivity index (χ1) is 18.2. The van der Waals surface area contributed by atoms with Gasteiger partial charge in [0, 0.05) is 42.3 Å². The van der Waals surface area contributed by atoms with Gasteiger partial charge in [-0.3, -0.25) is 9.69 Å². The average Bonchev–Trinajstić information content (AvgIpc) is 2.91. The number of hydrogen-bond acceptors (Lipinski definition) is 5. The van der Waals surface area contributed by atoms with Crippen molar-refractivity contribution in [2.24, 2.45) is 7.05 Å². The molecule has 2 aromatic heterocycles. The molecule has 0 saturated carbocycles. The summed E-state index contributed by atoms with van der Waals surface area (Å²) in [7, 11) is 1.67. The lowest BCUT2D eigenvalue weighted by molar-refractivity contribution is 0.130. The molecule has 2 atom stereocenters. The molecular weight excluding hydrogens is 541 g/mol. The molecule has 5 rings (SSSR count). The summed E-state index contributed by atoms with van der Waals surface area (Å²) in [4.78, 5) is 22.2. The molecule has 0 bridgehead atoms. The van der Waals surface area contributed by atoms with E-state index >= 15 is 0 Å². The van der Waals surface area contributed by atoms with Crippen molar-refractivity contribution in [2.45, 2.75) is 32.0 Å². The number of anilines is 1. The van der Waals surface area contributed by atoms with Gasteiger partial charge in [0.25, 0.3) is 5.56 Å². The van der Waals surface area contributed by atoms with Gasteiger partial charge in [-0.1, -0.05) is 59.1 Å². The molecule has 1 fully saturated rings. The third-order valence-electron chi connectivity index (χ3n) is 7.30. The fraction of sp³-hybridized carbons (Fsp3) is 0.276. The molecule has 6 nitrogen and oxygen atoms in total. The molecular formula is C29H26Cl3N5O. The van der Waals surface area contributed by atoms with Crippen molar-refractivity contribution in [1.82, 2.24) is 14.5 Å². The van der Waals surface area contributed by atoms with Crippen molar-refractivity contribution in [1.29, 1.82) is 5.26 Å². The summed E-state index contributed by atoms with van der Waals surface area (Å²) in [6, 6.07) is 21.4. The Labute approximate surface area is 236 Å². The van der Waals surface area contributed by atoms with E-state index < -0.39 is 0 Å². The summed E-state index contributed by atoms with van der Waals surface area (Å²) < 4.78 is 1.48. The summed E-state index contributed by atoms with van der Waals surface area (Å²) in [6.07, 6.45) is 0. The molecule has 0 aliphatic carbocycles. The van der Waals surface area contributed by atoms with Crippen molar-refractivity contribution >= 4 is 51.5 Å². The average molecular weight is 567 g/mol. The van der Waals surface area contributed by atoms with Gasteiger partial charge in [0.05, 0.1) is 17.2 Å². The zero-order chi connectivity index (χ0) is 27.1. The van der Waals surface area contributed by atoms with Crippen LogP contribution in [-0.4, -0.2) is 39.6 Å². The number of rotatable bonds is 4. The molecule has 194 valence electrons. The molecule has 38 heavy (non-hydrogen) atoms. The number of nitrogens with zero attached hydrogens (tertiary/aromatic N) is 5. The zero-order valence-corrected chi connectivity index (χ0v) is 23.5. The SMILES string of the molecule is C[C@@H]1CN(c2c(Cl)c(=O)n(C)c3ccc(C#N)nc23)[C@@H](C)CN1C(c1ccc(Cl)cc1)c1ccc(Cl)cc1. The highest BCUT2D eigenvalue weighted by molar-refractivity contribution is 6.34. The minimum Gasteiger partial charge on any atom is -0.363 e. The highest BCUT2D eigenvalue weighted by Crippen LogP contribution is 2.38. The van der Waals surface area contributed by atoms with Crippen LogP contribution in [0.15, 0.2) is 65.5 Å². The van der Waals surface area contributed by atoms with Crippen LogP contribution in [-0.2, 0) is 7.05 Å². The van der Waals surface area contributed by atoms with E-state index in [9.17, 15) is 10.1 Å². The minimum atomic E-state index is -0.289. The van der Waals surface area contributed by atoms with Crippen LogP contribution in [0.3, 0.4) is 0 Å². The van der Waals surface area contributed by atoms with Crippen molar-refractivity contribution in [3.05, 3.63) is 103 Å². The molecule has 0 amide bonds. The number of piperazine rings is 1. The number of aryl methyl sites for hydroxylation is 1. The summed E-state index contributed by atoms with van der Waals surface area (Å²) >= 11 is 19.1. The smallest absolute Gasteiger partial charge is 0.271 e. The third-order valence-corrected chi connectivity index (χ3v) is 8.14. The highest BCUT2D eigenvalue weighted by atomic mass is 35.5. The molecule has 9 heteroatoms. The number of halogens is 3. The van der Waals surface area contributed by atoms with Crippen LogP contribution >= 0.6 is 34.8 Å². The fourth-order valence-corrected chi connectivity index (χ4v) is 5.95. The van der Waals surface area contributed by atoms with E-state index in [0.29, 0.717) is 39.9 Å². The maximum atomic E-state index is 13.1. The summed E-state index contributed by atoms with van der Waals surface area (Å²) in [5.41, 5.74) is 4.01. The van der Waals surface area contributed by atoms with Crippen molar-refractivity contribution < 1.29 is 0 Å². The summed E-state index contributed by atoms with van der Waals surface area (Å²) in [6.45, 7) is 5.60. The second-order valence-corrected chi connectivity index (χ2v) is 11.0. The molecule has 1 saturated heterocycles. The monoisotopic (exact) mass is 565 g/mol. The Morgan fingerprint density at radius 1 is 0.895 bits per heavy atom. The maximum Gasteiger partial charge on any atom is 0.271 e. The van der Waals surface area contributed by atoms with Crippen LogP contribution in [0.25, 0.3) is 11.0 Å². The lowest BCUT2D eigenvalue weighted by atomic mass is 9.93. The zero-order valence-electron chi connectivity index (χ0n) is 21.2. The quantitative estimate of drug-likeness (QED) is 0.284. The van der Waals surface area contributed by atoms with Gasteiger partial charge in [-0.25, -0.2) is 4.98 Å². The number of pyridine rings is 2. The number of aromatic nitrogens is 2. The van der Waals surface area contributed by atoms with Crippen molar-refractivity contribution in [3.8, 4) is 6.07 Å². The van der Waals surface area contributed by atoms with E-state index in [1.165, 1.54) is 4.57 Å². The molecule has 3 heterocycles. The number of hydrogen-bond donors (Lipinski definition) is 0. The number of nitriles is 1. The molecule has 4 aromatic rings. The van der Waals surface area contributed by atoms with Crippen LogP contribution in [0, 0.1) is 11.3 Å². The Hall–Kier alpha value is -3.08. The van der Waals surface area contributed by atoms with E-state index in [-0.39, 0.29) is 34.4 Å². The van der Waals surface area contributed by atoms with E-state index in [4.69, 9.17) is 34.8 Å². The molecule has 0 radical (unpaired) electrons. The first-order valence-electron chi connectivity index (χ1n) is 12.3. The van der Waals surface area contributed by atoms with Gasteiger partial charge in [0.15, 0.2) is 0 Å². The van der Waals surface area contributed by atoms with Gasteiger partial charge in [0.2, 0.25) is 0 Å². The highest BCUT2D eigenvalue weighted by Gasteiger charge is 2.37. The molecule has 0 unspecified atom stereocenters. The molecule has 1 aliphatic heterocycles. The Kier molecular flexibility index (Phi) is 7.39. The second kappa shape index (κ2) is 10.6. The van der Waals surface area contributed by atoms with Gasteiger partial charge in [-0.2, -0.15) is 5.26 Å². The van der Waals surface area contributed by atoms with Gasteiger partial charge >= 0.3 is 0 Å². The fourth-order valence-electron chi connectivity index (χ4n) is 5.37. The van der Waals surface area contributed by atoms with Gasteiger partial charge in [-0.15, -0.1) is 0 Å². The first kappa shape index (κ1) is 26.5. The Morgan fingerprint density at radius 2 is 1.47 bits per heavy atom. The molecule has 0 spiro atoms. The Bertz CT molecular complexity index is 1550. The normalized spacial score (nSPS) is 18.2. The van der Waals surface area contributed by atoms with E-state index in [0.717, 1.165) is 11.1 Å². The van der Waals surface area contributed by atoms with E-state index in [1.54, 1.807) is 19.2 Å².